The fourth-order valence-electron chi connectivity index (χ4n) is 5.08. The Hall–Kier alpha value is -2.07. The lowest BCUT2D eigenvalue weighted by atomic mass is 9.67. The molecule has 1 saturated heterocycles. The highest BCUT2D eigenvalue weighted by atomic mass is 15.2. The van der Waals surface area contributed by atoms with Crippen LogP contribution in [0.2, 0.25) is 0 Å². The molecule has 0 saturated carbocycles. The van der Waals surface area contributed by atoms with Gasteiger partial charge in [0.1, 0.15) is 0 Å². The van der Waals surface area contributed by atoms with Crippen LogP contribution in [-0.4, -0.2) is 50.1 Å². The Kier molecular flexibility index (Phi) is 6.39. The first-order chi connectivity index (χ1) is 14.2. The van der Waals surface area contributed by atoms with Crippen molar-refractivity contribution in [2.24, 2.45) is 10.9 Å². The summed E-state index contributed by atoms with van der Waals surface area (Å²) in [6.07, 6.45) is 5.25. The molecule has 29 heavy (non-hydrogen) atoms. The van der Waals surface area contributed by atoms with Crippen molar-refractivity contribution in [3.63, 3.8) is 0 Å². The van der Waals surface area contributed by atoms with Gasteiger partial charge in [-0.05, 0) is 61.2 Å². The molecule has 4 heteroatoms. The normalized spacial score (nSPS) is 19.8. The maximum absolute atomic E-state index is 4.59. The molecule has 2 N–H and O–H groups in total. The van der Waals surface area contributed by atoms with Gasteiger partial charge in [-0.15, -0.1) is 0 Å². The number of nitrogens with one attached hydrogen (secondary N) is 2. The summed E-state index contributed by atoms with van der Waals surface area (Å²) in [4.78, 5) is 7.27. The van der Waals surface area contributed by atoms with Crippen molar-refractivity contribution in [3.8, 4) is 0 Å². The number of rotatable bonds is 7. The van der Waals surface area contributed by atoms with Gasteiger partial charge in [-0.3, -0.25) is 4.99 Å². The van der Waals surface area contributed by atoms with E-state index < -0.39 is 0 Å². The number of piperidine rings is 1. The number of hydrogen-bond donors (Lipinski definition) is 2. The Morgan fingerprint density at radius 3 is 2.62 bits per heavy atom. The van der Waals surface area contributed by atoms with Crippen LogP contribution in [-0.2, 0) is 5.41 Å². The molecule has 2 heterocycles. The lowest BCUT2D eigenvalue weighted by molar-refractivity contribution is 0.183. The largest absolute Gasteiger partial charge is 0.355 e. The smallest absolute Gasteiger partial charge is 0.191 e. The zero-order chi connectivity index (χ0) is 20.1. The van der Waals surface area contributed by atoms with Crippen molar-refractivity contribution in [1.29, 1.82) is 0 Å². The van der Waals surface area contributed by atoms with Crippen molar-refractivity contribution < 1.29 is 0 Å². The van der Waals surface area contributed by atoms with Crippen LogP contribution in [0.5, 0.6) is 0 Å². The van der Waals surface area contributed by atoms with Gasteiger partial charge in [0.25, 0.3) is 0 Å². The SMILES string of the molecule is CC(C)C(CCN1CCCCC1)(CNC1=NCCN1)c1cccc2ccccc12. The molecule has 0 spiro atoms. The molecule has 2 aliphatic rings. The van der Waals surface area contributed by atoms with E-state index in [4.69, 9.17) is 0 Å². The molecule has 1 fully saturated rings. The highest BCUT2D eigenvalue weighted by molar-refractivity contribution is 5.87. The monoisotopic (exact) mass is 392 g/mol. The highest BCUT2D eigenvalue weighted by Gasteiger charge is 2.37. The van der Waals surface area contributed by atoms with Crippen LogP contribution in [0.3, 0.4) is 0 Å². The van der Waals surface area contributed by atoms with Gasteiger partial charge < -0.3 is 15.5 Å². The predicted molar refractivity (Wildman–Crippen MR) is 124 cm³/mol. The van der Waals surface area contributed by atoms with Crippen LogP contribution in [0.25, 0.3) is 10.8 Å². The van der Waals surface area contributed by atoms with Crippen LogP contribution in [0.1, 0.15) is 45.1 Å². The third kappa shape index (κ3) is 4.42. The molecule has 2 aromatic rings. The van der Waals surface area contributed by atoms with E-state index in [1.54, 1.807) is 0 Å². The second-order valence-corrected chi connectivity index (χ2v) is 9.00. The summed E-state index contributed by atoms with van der Waals surface area (Å²) in [5, 5.41) is 9.80. The molecule has 0 amide bonds. The number of benzene rings is 2. The average Bonchev–Trinajstić information content (AvgIpc) is 3.28. The van der Waals surface area contributed by atoms with E-state index in [0.717, 1.165) is 25.6 Å². The van der Waals surface area contributed by atoms with Gasteiger partial charge in [-0.25, -0.2) is 0 Å². The number of hydrogen-bond acceptors (Lipinski definition) is 4. The summed E-state index contributed by atoms with van der Waals surface area (Å²) in [7, 11) is 0. The molecular formula is C25H36N4. The average molecular weight is 393 g/mol. The van der Waals surface area contributed by atoms with Crippen molar-refractivity contribution in [2.75, 3.05) is 39.3 Å². The Morgan fingerprint density at radius 1 is 1.07 bits per heavy atom. The van der Waals surface area contributed by atoms with E-state index in [9.17, 15) is 0 Å². The minimum Gasteiger partial charge on any atom is -0.355 e. The first-order valence-electron chi connectivity index (χ1n) is 11.4. The molecule has 0 bridgehead atoms. The summed E-state index contributed by atoms with van der Waals surface area (Å²) in [6.45, 7) is 11.2. The van der Waals surface area contributed by atoms with E-state index in [1.165, 1.54) is 61.7 Å². The molecular weight excluding hydrogens is 356 g/mol. The lowest BCUT2D eigenvalue weighted by Gasteiger charge is -2.41. The zero-order valence-corrected chi connectivity index (χ0v) is 18.1. The quantitative estimate of drug-likeness (QED) is 0.743. The Morgan fingerprint density at radius 2 is 1.86 bits per heavy atom. The number of likely N-dealkylation sites (tertiary alicyclic amines) is 1. The van der Waals surface area contributed by atoms with Gasteiger partial charge in [0, 0.05) is 18.5 Å². The number of nitrogens with zero attached hydrogens (tertiary/aromatic N) is 2. The number of aliphatic imine (C=N–C) groups is 1. The predicted octanol–water partition coefficient (Wildman–Crippen LogP) is 4.16. The third-order valence-electron chi connectivity index (χ3n) is 7.00. The summed E-state index contributed by atoms with van der Waals surface area (Å²) in [5.41, 5.74) is 1.54. The van der Waals surface area contributed by atoms with Gasteiger partial charge in [-0.2, -0.15) is 0 Å². The zero-order valence-electron chi connectivity index (χ0n) is 18.1. The summed E-state index contributed by atoms with van der Waals surface area (Å²) in [5.74, 6) is 1.49. The molecule has 1 unspecified atom stereocenters. The van der Waals surface area contributed by atoms with Crippen molar-refractivity contribution in [1.82, 2.24) is 15.5 Å². The molecule has 0 aliphatic carbocycles. The fraction of sp³-hybridized carbons (Fsp3) is 0.560. The topological polar surface area (TPSA) is 39.7 Å². The second kappa shape index (κ2) is 9.17. The van der Waals surface area contributed by atoms with E-state index in [0.29, 0.717) is 5.92 Å². The Bertz CT molecular complexity index is 832. The fourth-order valence-corrected chi connectivity index (χ4v) is 5.08. The molecule has 1 atom stereocenters. The first-order valence-corrected chi connectivity index (χ1v) is 11.4. The summed E-state index contributed by atoms with van der Waals surface area (Å²) >= 11 is 0. The van der Waals surface area contributed by atoms with E-state index >= 15 is 0 Å². The van der Waals surface area contributed by atoms with E-state index in [-0.39, 0.29) is 5.41 Å². The van der Waals surface area contributed by atoms with Gasteiger partial charge in [-0.1, -0.05) is 62.7 Å². The molecule has 2 aromatic carbocycles. The van der Waals surface area contributed by atoms with Crippen molar-refractivity contribution in [3.05, 3.63) is 48.0 Å². The maximum atomic E-state index is 4.59. The minimum atomic E-state index is 0.0606. The van der Waals surface area contributed by atoms with Crippen LogP contribution in [0.15, 0.2) is 47.5 Å². The third-order valence-corrected chi connectivity index (χ3v) is 7.00. The van der Waals surface area contributed by atoms with Crippen molar-refractivity contribution in [2.45, 2.75) is 44.9 Å². The molecule has 0 radical (unpaired) electrons. The molecule has 0 aromatic heterocycles. The Labute approximate surface area is 175 Å². The number of fused-ring (bicyclic) bond motifs is 1. The second-order valence-electron chi connectivity index (χ2n) is 9.00. The summed E-state index contributed by atoms with van der Waals surface area (Å²) < 4.78 is 0. The molecule has 156 valence electrons. The van der Waals surface area contributed by atoms with Gasteiger partial charge in [0.15, 0.2) is 5.96 Å². The highest BCUT2D eigenvalue weighted by Crippen LogP contribution is 2.39. The first kappa shape index (κ1) is 20.2. The van der Waals surface area contributed by atoms with Crippen LogP contribution < -0.4 is 10.6 Å². The van der Waals surface area contributed by atoms with Gasteiger partial charge >= 0.3 is 0 Å². The molecule has 4 rings (SSSR count). The standard InChI is InChI=1S/C25H36N4/c1-20(2)25(19-28-24-26-14-15-27-24,13-18-29-16-6-3-7-17-29)23-12-8-10-21-9-4-5-11-22(21)23/h4-5,8-12,20H,3,6-7,13-19H2,1-2H3,(H2,26,27,28). The van der Waals surface area contributed by atoms with Gasteiger partial charge in [0.2, 0.25) is 0 Å². The Balaban J connectivity index is 1.68. The van der Waals surface area contributed by atoms with Crippen LogP contribution >= 0.6 is 0 Å². The van der Waals surface area contributed by atoms with E-state index in [2.05, 4.69) is 76.8 Å². The maximum Gasteiger partial charge on any atom is 0.191 e. The van der Waals surface area contributed by atoms with E-state index in [1.807, 2.05) is 0 Å². The van der Waals surface area contributed by atoms with Crippen molar-refractivity contribution >= 4 is 16.7 Å². The minimum absolute atomic E-state index is 0.0606. The van der Waals surface area contributed by atoms with Crippen LogP contribution in [0, 0.1) is 5.92 Å². The molecule has 2 aliphatic heterocycles. The van der Waals surface area contributed by atoms with Crippen LogP contribution in [0.4, 0.5) is 0 Å². The molecule has 4 nitrogen and oxygen atoms in total. The number of guanidine groups is 1. The summed E-state index contributed by atoms with van der Waals surface area (Å²) in [6, 6.07) is 15.7. The van der Waals surface area contributed by atoms with Gasteiger partial charge in [0.05, 0.1) is 6.54 Å². The lowest BCUT2D eigenvalue weighted by Crippen LogP contribution is -2.49.